The monoisotopic (exact) mass is 379 g/mol. The molecule has 3 rings (SSSR count). The summed E-state index contributed by atoms with van der Waals surface area (Å²) in [6, 6.07) is 14.1. The summed E-state index contributed by atoms with van der Waals surface area (Å²) in [5, 5.41) is 13.0. The van der Waals surface area contributed by atoms with Gasteiger partial charge in [0, 0.05) is 41.7 Å². The van der Waals surface area contributed by atoms with Gasteiger partial charge in [-0.05, 0) is 49.7 Å². The van der Waals surface area contributed by atoms with Crippen LogP contribution in [-0.4, -0.2) is 17.6 Å². The lowest BCUT2D eigenvalue weighted by molar-refractivity contribution is -0.121. The van der Waals surface area contributed by atoms with E-state index in [0.29, 0.717) is 29.7 Å². The van der Waals surface area contributed by atoms with Crippen LogP contribution in [0.2, 0.25) is 0 Å². The molecule has 0 bridgehead atoms. The third kappa shape index (κ3) is 4.15. The Morgan fingerprint density at radius 2 is 2.14 bits per heavy atom. The van der Waals surface area contributed by atoms with Crippen molar-refractivity contribution in [3.05, 3.63) is 65.6 Å². The zero-order valence-electron chi connectivity index (χ0n) is 15.9. The van der Waals surface area contributed by atoms with Gasteiger partial charge in [-0.3, -0.25) is 4.79 Å². The van der Waals surface area contributed by atoms with Gasteiger partial charge < -0.3 is 14.6 Å². The van der Waals surface area contributed by atoms with Gasteiger partial charge in [0.15, 0.2) is 0 Å². The van der Waals surface area contributed by atoms with E-state index in [0.717, 1.165) is 10.9 Å². The molecule has 0 saturated heterocycles. The average molecular weight is 379 g/mol. The molecule has 5 nitrogen and oxygen atoms in total. The third-order valence-corrected chi connectivity index (χ3v) is 4.87. The van der Waals surface area contributed by atoms with Gasteiger partial charge in [-0.2, -0.15) is 5.26 Å². The Labute approximate surface area is 163 Å². The molecule has 0 aliphatic rings. The lowest BCUT2D eigenvalue weighted by Gasteiger charge is -2.16. The molecule has 0 fully saturated rings. The number of nitrogens with zero attached hydrogens (tertiary/aromatic N) is 2. The molecule has 1 heterocycles. The Morgan fingerprint density at radius 1 is 1.32 bits per heavy atom. The van der Waals surface area contributed by atoms with E-state index in [1.54, 1.807) is 12.1 Å². The predicted molar refractivity (Wildman–Crippen MR) is 105 cm³/mol. The number of methoxy groups -OCH3 is 1. The molecule has 144 valence electrons. The van der Waals surface area contributed by atoms with Crippen molar-refractivity contribution in [1.29, 1.82) is 5.26 Å². The lowest BCUT2D eigenvalue weighted by Crippen LogP contribution is -2.23. The van der Waals surface area contributed by atoms with Crippen LogP contribution < -0.4 is 10.1 Å². The van der Waals surface area contributed by atoms with Crippen molar-refractivity contribution in [2.75, 3.05) is 7.11 Å². The van der Waals surface area contributed by atoms with Gasteiger partial charge in [-0.25, -0.2) is 4.39 Å². The number of halogens is 1. The number of nitriles is 1. The van der Waals surface area contributed by atoms with E-state index in [1.165, 1.54) is 19.2 Å². The van der Waals surface area contributed by atoms with Crippen molar-refractivity contribution >= 4 is 16.8 Å². The van der Waals surface area contributed by atoms with Crippen molar-refractivity contribution < 1.29 is 13.9 Å². The maximum atomic E-state index is 13.4. The van der Waals surface area contributed by atoms with Crippen LogP contribution in [0.15, 0.2) is 48.7 Å². The molecular formula is C22H22FN3O2. The summed E-state index contributed by atoms with van der Waals surface area (Å²) in [4.78, 5) is 12.2. The highest BCUT2D eigenvalue weighted by atomic mass is 19.1. The molecule has 1 amide bonds. The van der Waals surface area contributed by atoms with Gasteiger partial charge >= 0.3 is 0 Å². The lowest BCUT2D eigenvalue weighted by atomic mass is 10.1. The minimum Gasteiger partial charge on any atom is -0.496 e. The number of nitrogens with one attached hydrogen (secondary N) is 1. The fraction of sp³-hybridized carbons (Fsp3) is 0.273. The summed E-state index contributed by atoms with van der Waals surface area (Å²) in [6.07, 6.45) is 2.94. The number of ether oxygens (including phenoxy) is 1. The van der Waals surface area contributed by atoms with Crippen LogP contribution in [0.4, 0.5) is 4.39 Å². The molecule has 0 radical (unpaired) electrons. The Balaban J connectivity index is 1.59. The van der Waals surface area contributed by atoms with E-state index in [-0.39, 0.29) is 24.3 Å². The van der Waals surface area contributed by atoms with Crippen LogP contribution in [0.1, 0.15) is 36.9 Å². The Hall–Kier alpha value is -3.33. The van der Waals surface area contributed by atoms with E-state index < -0.39 is 0 Å². The summed E-state index contributed by atoms with van der Waals surface area (Å²) in [6.45, 7) is 2.26. The number of benzene rings is 2. The first-order chi connectivity index (χ1) is 13.5. The van der Waals surface area contributed by atoms with Crippen molar-refractivity contribution in [1.82, 2.24) is 9.88 Å². The minimum atomic E-state index is -0.366. The second kappa shape index (κ2) is 8.57. The summed E-state index contributed by atoms with van der Waals surface area (Å²) in [5.41, 5.74) is 2.23. The summed E-state index contributed by atoms with van der Waals surface area (Å²) < 4.78 is 20.7. The fourth-order valence-corrected chi connectivity index (χ4v) is 3.32. The molecule has 0 aliphatic carbocycles. The van der Waals surface area contributed by atoms with Gasteiger partial charge in [0.1, 0.15) is 11.6 Å². The molecule has 6 heteroatoms. The van der Waals surface area contributed by atoms with Crippen molar-refractivity contribution in [3.63, 3.8) is 0 Å². The Bertz CT molecular complexity index is 1040. The topological polar surface area (TPSA) is 67.0 Å². The molecular weight excluding hydrogens is 357 g/mol. The number of amides is 1. The Kier molecular flexibility index (Phi) is 5.95. The Morgan fingerprint density at radius 3 is 2.89 bits per heavy atom. The van der Waals surface area contributed by atoms with Crippen LogP contribution in [-0.2, 0) is 11.3 Å². The van der Waals surface area contributed by atoms with Crippen LogP contribution >= 0.6 is 0 Å². The van der Waals surface area contributed by atoms with E-state index in [9.17, 15) is 14.4 Å². The van der Waals surface area contributed by atoms with E-state index in [4.69, 9.17) is 4.74 Å². The number of carbonyl (C=O) groups is 1. The number of aromatic nitrogens is 1. The maximum absolute atomic E-state index is 13.4. The SMILES string of the molecule is COc1ccc(F)cc1CNC(=O)CCC(C)n1ccc2c(C#N)cccc21. The van der Waals surface area contributed by atoms with E-state index >= 15 is 0 Å². The second-order valence-corrected chi connectivity index (χ2v) is 6.69. The minimum absolute atomic E-state index is 0.0981. The smallest absolute Gasteiger partial charge is 0.220 e. The highest BCUT2D eigenvalue weighted by Gasteiger charge is 2.13. The van der Waals surface area contributed by atoms with E-state index in [2.05, 4.69) is 16.0 Å². The van der Waals surface area contributed by atoms with Crippen LogP contribution in [0.3, 0.4) is 0 Å². The fourth-order valence-electron chi connectivity index (χ4n) is 3.32. The quantitative estimate of drug-likeness (QED) is 0.665. The summed E-state index contributed by atoms with van der Waals surface area (Å²) in [7, 11) is 1.51. The normalized spacial score (nSPS) is 11.8. The molecule has 3 aromatic rings. The van der Waals surface area contributed by atoms with Crippen molar-refractivity contribution in [2.45, 2.75) is 32.4 Å². The predicted octanol–water partition coefficient (Wildman–Crippen LogP) is 4.32. The zero-order chi connectivity index (χ0) is 20.1. The molecule has 1 atom stereocenters. The number of fused-ring (bicyclic) bond motifs is 1. The standard InChI is InChI=1S/C22H22FN3O2/c1-15(26-11-10-19-16(13-24)4-3-5-20(19)26)6-9-22(27)25-14-17-12-18(23)7-8-21(17)28-2/h3-5,7-8,10-12,15H,6,9,14H2,1-2H3,(H,25,27). The first-order valence-corrected chi connectivity index (χ1v) is 9.12. The van der Waals surface area contributed by atoms with Gasteiger partial charge in [-0.15, -0.1) is 0 Å². The molecule has 28 heavy (non-hydrogen) atoms. The molecule has 0 saturated carbocycles. The molecule has 0 spiro atoms. The van der Waals surface area contributed by atoms with Crippen LogP contribution in [0, 0.1) is 17.1 Å². The highest BCUT2D eigenvalue weighted by Crippen LogP contribution is 2.25. The molecule has 1 unspecified atom stereocenters. The van der Waals surface area contributed by atoms with Gasteiger partial charge in [-0.1, -0.05) is 6.07 Å². The first-order valence-electron chi connectivity index (χ1n) is 9.12. The number of hydrogen-bond acceptors (Lipinski definition) is 3. The second-order valence-electron chi connectivity index (χ2n) is 6.69. The summed E-state index contributed by atoms with van der Waals surface area (Å²) >= 11 is 0. The summed E-state index contributed by atoms with van der Waals surface area (Å²) in [5.74, 6) is 0.0735. The van der Waals surface area contributed by atoms with Gasteiger partial charge in [0.2, 0.25) is 5.91 Å². The van der Waals surface area contributed by atoms with Crippen molar-refractivity contribution in [2.24, 2.45) is 0 Å². The average Bonchev–Trinajstić information content (AvgIpc) is 3.15. The number of hydrogen-bond donors (Lipinski definition) is 1. The third-order valence-electron chi connectivity index (χ3n) is 4.87. The largest absolute Gasteiger partial charge is 0.496 e. The van der Waals surface area contributed by atoms with Gasteiger partial charge in [0.05, 0.1) is 18.7 Å². The molecule has 2 aromatic carbocycles. The van der Waals surface area contributed by atoms with Gasteiger partial charge in [0.25, 0.3) is 0 Å². The first kappa shape index (κ1) is 19.4. The van der Waals surface area contributed by atoms with E-state index in [1.807, 2.05) is 31.3 Å². The number of carbonyl (C=O) groups excluding carboxylic acids is 1. The maximum Gasteiger partial charge on any atom is 0.220 e. The van der Waals surface area contributed by atoms with Crippen LogP contribution in [0.5, 0.6) is 5.75 Å². The number of rotatable bonds is 7. The molecule has 1 N–H and O–H groups in total. The van der Waals surface area contributed by atoms with Crippen molar-refractivity contribution in [3.8, 4) is 11.8 Å². The highest BCUT2D eigenvalue weighted by molar-refractivity contribution is 5.86. The molecule has 0 aliphatic heterocycles. The van der Waals surface area contributed by atoms with Crippen LogP contribution in [0.25, 0.3) is 10.9 Å². The molecule has 1 aromatic heterocycles. The zero-order valence-corrected chi connectivity index (χ0v) is 15.9.